The van der Waals surface area contributed by atoms with E-state index >= 15 is 0 Å². The number of hydrogen-bond acceptors (Lipinski definition) is 2. The van der Waals surface area contributed by atoms with Gasteiger partial charge in [0.1, 0.15) is 0 Å². The molecule has 0 saturated heterocycles. The van der Waals surface area contributed by atoms with Gasteiger partial charge in [-0.15, -0.1) is 11.8 Å². The fourth-order valence-electron chi connectivity index (χ4n) is 1.79. The molecule has 1 aromatic rings. The zero-order valence-corrected chi connectivity index (χ0v) is 12.9. The van der Waals surface area contributed by atoms with Crippen molar-refractivity contribution in [2.75, 3.05) is 12.3 Å². The van der Waals surface area contributed by atoms with Gasteiger partial charge in [0.2, 0.25) is 0 Å². The second-order valence-corrected chi connectivity index (χ2v) is 6.37. The first-order chi connectivity index (χ1) is 8.72. The Morgan fingerprint density at radius 3 is 2.50 bits per heavy atom. The quantitative estimate of drug-likeness (QED) is 0.512. The Morgan fingerprint density at radius 2 is 1.89 bits per heavy atom. The minimum atomic E-state index is 0.831. The van der Waals surface area contributed by atoms with Crippen LogP contribution in [0.15, 0.2) is 29.2 Å². The molecule has 0 aliphatic rings. The molecular weight excluding hydrogens is 238 g/mol. The maximum absolute atomic E-state index is 3.43. The topological polar surface area (TPSA) is 12.0 Å². The van der Waals surface area contributed by atoms with Gasteiger partial charge in [-0.2, -0.15) is 0 Å². The van der Waals surface area contributed by atoms with Gasteiger partial charge >= 0.3 is 0 Å². The molecule has 0 amide bonds. The summed E-state index contributed by atoms with van der Waals surface area (Å²) in [5.41, 5.74) is 1.38. The summed E-state index contributed by atoms with van der Waals surface area (Å²) in [6, 6.07) is 8.99. The monoisotopic (exact) mass is 265 g/mol. The molecule has 1 N–H and O–H groups in total. The van der Waals surface area contributed by atoms with Gasteiger partial charge in [0, 0.05) is 11.4 Å². The molecule has 1 aromatic carbocycles. The van der Waals surface area contributed by atoms with E-state index in [1.165, 1.54) is 35.5 Å². The second-order valence-electron chi connectivity index (χ2n) is 5.21. The van der Waals surface area contributed by atoms with Crippen molar-refractivity contribution in [2.24, 2.45) is 5.92 Å². The predicted molar refractivity (Wildman–Crippen MR) is 83.2 cm³/mol. The van der Waals surface area contributed by atoms with Crippen LogP contribution in [0, 0.1) is 5.92 Å². The van der Waals surface area contributed by atoms with Gasteiger partial charge in [0.15, 0.2) is 0 Å². The highest BCUT2D eigenvalue weighted by molar-refractivity contribution is 7.99. The minimum absolute atomic E-state index is 0.831. The highest BCUT2D eigenvalue weighted by atomic mass is 32.2. The molecule has 0 unspecified atom stereocenters. The van der Waals surface area contributed by atoms with Gasteiger partial charge in [0.05, 0.1) is 0 Å². The van der Waals surface area contributed by atoms with Gasteiger partial charge in [0.25, 0.3) is 0 Å². The smallest absolute Gasteiger partial charge is 0.0205 e. The van der Waals surface area contributed by atoms with Crippen molar-refractivity contribution in [3.8, 4) is 0 Å². The summed E-state index contributed by atoms with van der Waals surface area (Å²) >= 11 is 1.98. The number of hydrogen-bond donors (Lipinski definition) is 1. The Labute approximate surface area is 117 Å². The molecule has 102 valence electrons. The Hall–Kier alpha value is -0.470. The standard InChI is InChI=1S/C16H27NS/c1-4-11-17-13-15-7-9-16(10-8-15)18-12-5-6-14(2)3/h7-10,14,17H,4-6,11-13H2,1-3H3. The molecule has 0 fully saturated rings. The van der Waals surface area contributed by atoms with Gasteiger partial charge in [-0.25, -0.2) is 0 Å². The molecule has 0 atom stereocenters. The fourth-order valence-corrected chi connectivity index (χ4v) is 2.67. The van der Waals surface area contributed by atoms with E-state index in [0.717, 1.165) is 19.0 Å². The summed E-state index contributed by atoms with van der Waals surface area (Å²) < 4.78 is 0. The van der Waals surface area contributed by atoms with Crippen molar-refractivity contribution in [3.05, 3.63) is 29.8 Å². The molecule has 0 spiro atoms. The highest BCUT2D eigenvalue weighted by Gasteiger charge is 1.97. The molecule has 0 radical (unpaired) electrons. The Kier molecular flexibility index (Phi) is 8.19. The summed E-state index contributed by atoms with van der Waals surface area (Å²) in [6.45, 7) is 8.88. The molecule has 1 nitrogen and oxygen atoms in total. The summed E-state index contributed by atoms with van der Waals surface area (Å²) in [4.78, 5) is 1.40. The average molecular weight is 265 g/mol. The third-order valence-electron chi connectivity index (χ3n) is 2.87. The Bertz CT molecular complexity index is 305. The molecule has 0 saturated carbocycles. The number of nitrogens with one attached hydrogen (secondary N) is 1. The van der Waals surface area contributed by atoms with Crippen LogP contribution in [-0.2, 0) is 6.54 Å². The fraction of sp³-hybridized carbons (Fsp3) is 0.625. The molecule has 0 aromatic heterocycles. The number of benzene rings is 1. The predicted octanol–water partition coefficient (Wildman–Crippen LogP) is 4.71. The van der Waals surface area contributed by atoms with Crippen LogP contribution >= 0.6 is 11.8 Å². The summed E-state index contributed by atoms with van der Waals surface area (Å²) in [5, 5.41) is 3.43. The van der Waals surface area contributed by atoms with Crippen LogP contribution in [0.1, 0.15) is 45.6 Å². The van der Waals surface area contributed by atoms with Gasteiger partial charge in [-0.1, -0.05) is 39.3 Å². The Balaban J connectivity index is 2.23. The lowest BCUT2D eigenvalue weighted by Crippen LogP contribution is -2.13. The summed E-state index contributed by atoms with van der Waals surface area (Å²) in [7, 11) is 0. The minimum Gasteiger partial charge on any atom is -0.313 e. The van der Waals surface area contributed by atoms with Crippen LogP contribution in [0.25, 0.3) is 0 Å². The van der Waals surface area contributed by atoms with E-state index in [-0.39, 0.29) is 0 Å². The van der Waals surface area contributed by atoms with E-state index in [9.17, 15) is 0 Å². The first kappa shape index (κ1) is 15.6. The van der Waals surface area contributed by atoms with Gasteiger partial charge in [-0.05, 0) is 48.8 Å². The van der Waals surface area contributed by atoms with E-state index in [1.54, 1.807) is 0 Å². The Morgan fingerprint density at radius 1 is 1.17 bits per heavy atom. The third-order valence-corrected chi connectivity index (χ3v) is 3.97. The van der Waals surface area contributed by atoms with Crippen molar-refractivity contribution in [1.82, 2.24) is 5.32 Å². The van der Waals surface area contributed by atoms with Crippen LogP contribution in [0.5, 0.6) is 0 Å². The normalized spacial score (nSPS) is 11.1. The van der Waals surface area contributed by atoms with E-state index in [2.05, 4.69) is 50.4 Å². The number of thioether (sulfide) groups is 1. The molecule has 0 heterocycles. The first-order valence-corrected chi connectivity index (χ1v) is 8.13. The van der Waals surface area contributed by atoms with E-state index in [1.807, 2.05) is 11.8 Å². The van der Waals surface area contributed by atoms with Crippen LogP contribution in [0.2, 0.25) is 0 Å². The molecule has 18 heavy (non-hydrogen) atoms. The largest absolute Gasteiger partial charge is 0.313 e. The zero-order valence-electron chi connectivity index (χ0n) is 12.0. The summed E-state index contributed by atoms with van der Waals surface area (Å²) in [6.07, 6.45) is 3.86. The van der Waals surface area contributed by atoms with Gasteiger partial charge < -0.3 is 5.32 Å². The highest BCUT2D eigenvalue weighted by Crippen LogP contribution is 2.20. The molecule has 0 aliphatic carbocycles. The third kappa shape index (κ3) is 7.07. The van der Waals surface area contributed by atoms with Crippen molar-refractivity contribution in [2.45, 2.75) is 51.5 Å². The number of rotatable bonds is 9. The van der Waals surface area contributed by atoms with Crippen LogP contribution in [0.4, 0.5) is 0 Å². The van der Waals surface area contributed by atoms with Crippen LogP contribution < -0.4 is 5.32 Å². The van der Waals surface area contributed by atoms with Crippen LogP contribution in [-0.4, -0.2) is 12.3 Å². The van der Waals surface area contributed by atoms with E-state index in [4.69, 9.17) is 0 Å². The molecule has 1 rings (SSSR count). The van der Waals surface area contributed by atoms with Gasteiger partial charge in [-0.3, -0.25) is 0 Å². The lowest BCUT2D eigenvalue weighted by molar-refractivity contribution is 0.579. The lowest BCUT2D eigenvalue weighted by atomic mass is 10.1. The summed E-state index contributed by atoms with van der Waals surface area (Å²) in [5.74, 6) is 2.07. The SMILES string of the molecule is CCCNCc1ccc(SCCCC(C)C)cc1. The first-order valence-electron chi connectivity index (χ1n) is 7.14. The van der Waals surface area contributed by atoms with Crippen molar-refractivity contribution < 1.29 is 0 Å². The van der Waals surface area contributed by atoms with Crippen LogP contribution in [0.3, 0.4) is 0 Å². The molecule has 2 heteroatoms. The second kappa shape index (κ2) is 9.46. The molecule has 0 aliphatic heterocycles. The zero-order chi connectivity index (χ0) is 13.2. The van der Waals surface area contributed by atoms with Crippen molar-refractivity contribution in [1.29, 1.82) is 0 Å². The van der Waals surface area contributed by atoms with E-state index in [0.29, 0.717) is 0 Å². The lowest BCUT2D eigenvalue weighted by Gasteiger charge is -2.06. The maximum atomic E-state index is 3.43. The van der Waals surface area contributed by atoms with Crippen molar-refractivity contribution in [3.63, 3.8) is 0 Å². The average Bonchev–Trinajstić information content (AvgIpc) is 2.36. The van der Waals surface area contributed by atoms with E-state index < -0.39 is 0 Å². The maximum Gasteiger partial charge on any atom is 0.0205 e. The molecular formula is C16H27NS. The molecule has 0 bridgehead atoms. The van der Waals surface area contributed by atoms with Crippen molar-refractivity contribution >= 4 is 11.8 Å².